The smallest absolute Gasteiger partial charge is 0.0796 e. The molecule has 0 nitrogen and oxygen atoms in total. The molecule has 0 spiro atoms. The largest absolute Gasteiger partial charge is 0.179 e. The first kappa shape index (κ1) is 42.6. The molecule has 0 saturated heterocycles. The van der Waals surface area contributed by atoms with Crippen LogP contribution in [0.1, 0.15) is 55.4 Å². The molecule has 0 N–H and O–H groups in total. The molecule has 0 saturated carbocycles. The van der Waals surface area contributed by atoms with E-state index in [0.717, 1.165) is 0 Å². The van der Waals surface area contributed by atoms with Gasteiger partial charge in [0.1, 0.15) is 0 Å². The maximum atomic E-state index is 2.89. The fourth-order valence-electron chi connectivity index (χ4n) is 12.0. The van der Waals surface area contributed by atoms with E-state index in [1.165, 1.54) is 31.1 Å². The van der Waals surface area contributed by atoms with Gasteiger partial charge in [-0.15, -0.1) is 0 Å². The van der Waals surface area contributed by atoms with E-state index in [1.807, 2.05) is 0 Å². The number of rotatable bonds is 14. The molecule has 2 unspecified atom stereocenters. The average Bonchev–Trinajstić information content (AvgIpc) is 3.94. The highest BCUT2D eigenvalue weighted by Gasteiger charge is 2.58. The molecule has 308 valence electrons. The van der Waals surface area contributed by atoms with Crippen LogP contribution in [0, 0.1) is 11.8 Å². The standard InChI is InChI=1S/C58H64Si3/c1-43(2)55-39-53(60(47-27-15-9-16-28-47,48-29-17-10-18-30-48)49-31-19-11-20-32-49)41-57(55)59(45(5)6,46(7)8)58-42-54(40-56(58)44(3)4)61(50-33-21-12-22-34-50,51-35-23-13-24-36-51)52-37-25-14-26-38-52/h9-46,57-58H,1-8H3. The molecule has 0 aliphatic heterocycles. The van der Waals surface area contributed by atoms with E-state index >= 15 is 0 Å². The van der Waals surface area contributed by atoms with Gasteiger partial charge in [-0.25, -0.2) is 0 Å². The van der Waals surface area contributed by atoms with Crippen LogP contribution in [0.4, 0.5) is 0 Å². The predicted octanol–water partition coefficient (Wildman–Crippen LogP) is 11.5. The molecular weight excluding hydrogens is 781 g/mol. The summed E-state index contributed by atoms with van der Waals surface area (Å²) in [4.78, 5) is 0. The van der Waals surface area contributed by atoms with Gasteiger partial charge in [0, 0.05) is 0 Å². The van der Waals surface area contributed by atoms with Gasteiger partial charge in [0.05, 0.1) is 8.07 Å². The molecule has 6 aromatic rings. The average molecular weight is 845 g/mol. The van der Waals surface area contributed by atoms with Gasteiger partial charge in [-0.05, 0) is 75.5 Å². The SMILES string of the molecule is CC(C)C1=CC([Si](c2ccccc2)(c2ccccc2)c2ccccc2)=CC1[Si](C(C)C)(C(C)C)C1C=C([Si](c2ccccc2)(c2ccccc2)c2ccccc2)C=C1C(C)C. The summed E-state index contributed by atoms with van der Waals surface area (Å²) in [5.41, 5.74) is 5.11. The molecular formula is C58H64Si3. The fourth-order valence-corrected chi connectivity index (χ4v) is 29.6. The second-order valence-corrected chi connectivity index (χ2v) is 32.0. The normalized spacial score (nSPS) is 17.2. The molecule has 2 atom stereocenters. The highest BCUT2D eigenvalue weighted by Crippen LogP contribution is 2.61. The van der Waals surface area contributed by atoms with Crippen molar-refractivity contribution in [2.45, 2.75) is 77.6 Å². The van der Waals surface area contributed by atoms with Gasteiger partial charge in [0.2, 0.25) is 0 Å². The van der Waals surface area contributed by atoms with E-state index in [1.54, 1.807) is 21.5 Å². The van der Waals surface area contributed by atoms with Crippen LogP contribution in [-0.4, -0.2) is 24.2 Å². The van der Waals surface area contributed by atoms with E-state index in [9.17, 15) is 0 Å². The Hall–Kier alpha value is -5.07. The van der Waals surface area contributed by atoms with E-state index in [4.69, 9.17) is 0 Å². The van der Waals surface area contributed by atoms with Crippen molar-refractivity contribution in [3.8, 4) is 0 Å². The second-order valence-electron chi connectivity index (χ2n) is 18.8. The van der Waals surface area contributed by atoms with Crippen LogP contribution in [0.5, 0.6) is 0 Å². The highest BCUT2D eigenvalue weighted by molar-refractivity contribution is 7.17. The molecule has 0 heterocycles. The molecule has 0 fully saturated rings. The van der Waals surface area contributed by atoms with E-state index in [2.05, 4.69) is 262 Å². The van der Waals surface area contributed by atoms with Gasteiger partial charge >= 0.3 is 0 Å². The summed E-state index contributed by atoms with van der Waals surface area (Å²) in [7, 11) is -7.91. The highest BCUT2D eigenvalue weighted by atomic mass is 28.3. The monoisotopic (exact) mass is 844 g/mol. The Balaban J connectivity index is 1.44. The number of hydrogen-bond acceptors (Lipinski definition) is 0. The molecule has 61 heavy (non-hydrogen) atoms. The number of allylic oxidation sites excluding steroid dienone is 8. The van der Waals surface area contributed by atoms with Crippen LogP contribution in [0.2, 0.25) is 22.2 Å². The lowest BCUT2D eigenvalue weighted by atomic mass is 10.0. The Morgan fingerprint density at radius 1 is 0.311 bits per heavy atom. The van der Waals surface area contributed by atoms with Gasteiger partial charge in [0.25, 0.3) is 0 Å². The molecule has 2 aliphatic carbocycles. The van der Waals surface area contributed by atoms with Crippen molar-refractivity contribution in [1.82, 2.24) is 0 Å². The lowest BCUT2D eigenvalue weighted by Crippen LogP contribution is -2.68. The molecule has 0 radical (unpaired) electrons. The van der Waals surface area contributed by atoms with Gasteiger partial charge < -0.3 is 0 Å². The molecule has 2 aliphatic rings. The first-order valence-electron chi connectivity index (χ1n) is 22.8. The number of benzene rings is 6. The third-order valence-electron chi connectivity index (χ3n) is 14.6. The van der Waals surface area contributed by atoms with Crippen LogP contribution in [0.15, 0.2) is 228 Å². The minimum absolute atomic E-state index is 0.384. The Labute approximate surface area is 370 Å². The molecule has 0 bridgehead atoms. The summed E-state index contributed by atoms with van der Waals surface area (Å²) in [5, 5.41) is 11.8. The van der Waals surface area contributed by atoms with Crippen molar-refractivity contribution < 1.29 is 0 Å². The summed E-state index contributed by atoms with van der Waals surface area (Å²) in [6.07, 6.45) is 11.3. The fraction of sp³-hybridized carbons (Fsp3) is 0.241. The summed E-state index contributed by atoms with van der Waals surface area (Å²) < 4.78 is 0. The van der Waals surface area contributed by atoms with E-state index in [0.29, 0.717) is 34.0 Å². The summed E-state index contributed by atoms with van der Waals surface area (Å²) in [5.74, 6) is 0.833. The van der Waals surface area contributed by atoms with Gasteiger partial charge in [-0.3, -0.25) is 0 Å². The molecule has 3 heteroatoms. The second kappa shape index (κ2) is 17.7. The van der Waals surface area contributed by atoms with Crippen LogP contribution in [-0.2, 0) is 0 Å². The third-order valence-corrected chi connectivity index (χ3v) is 31.3. The summed E-state index contributed by atoms with van der Waals surface area (Å²) >= 11 is 0. The minimum atomic E-state index is -2.74. The Morgan fingerprint density at radius 3 is 0.705 bits per heavy atom. The topological polar surface area (TPSA) is 0 Å². The minimum Gasteiger partial charge on any atom is -0.0796 e. The quantitative estimate of drug-likeness (QED) is 0.0757. The summed E-state index contributed by atoms with van der Waals surface area (Å²) in [6.45, 7) is 20.3. The maximum Gasteiger partial charge on any atom is 0.179 e. The van der Waals surface area contributed by atoms with Crippen molar-refractivity contribution in [3.63, 3.8) is 0 Å². The predicted molar refractivity (Wildman–Crippen MR) is 273 cm³/mol. The van der Waals surface area contributed by atoms with Crippen molar-refractivity contribution in [1.29, 1.82) is 0 Å². The Kier molecular flexibility index (Phi) is 12.4. The molecule has 8 rings (SSSR count). The van der Waals surface area contributed by atoms with Gasteiger partial charge in [-0.2, -0.15) is 0 Å². The van der Waals surface area contributed by atoms with Crippen molar-refractivity contribution >= 4 is 55.3 Å². The molecule has 0 amide bonds. The maximum absolute atomic E-state index is 2.89. The zero-order valence-corrected chi connectivity index (χ0v) is 40.6. The van der Waals surface area contributed by atoms with Gasteiger partial charge in [0.15, 0.2) is 16.1 Å². The number of hydrogen-bond donors (Lipinski definition) is 0. The third kappa shape index (κ3) is 7.13. The lowest BCUT2D eigenvalue weighted by molar-refractivity contribution is 0.694. The Morgan fingerprint density at radius 2 is 0.525 bits per heavy atom. The van der Waals surface area contributed by atoms with Gasteiger partial charge in [-0.1, -0.05) is 273 Å². The van der Waals surface area contributed by atoms with Crippen molar-refractivity contribution in [2.75, 3.05) is 0 Å². The van der Waals surface area contributed by atoms with Crippen LogP contribution < -0.4 is 31.1 Å². The first-order chi connectivity index (χ1) is 29.6. The summed E-state index contributed by atoms with van der Waals surface area (Å²) in [6, 6.07) is 69.3. The van der Waals surface area contributed by atoms with Crippen LogP contribution in [0.25, 0.3) is 0 Å². The molecule has 6 aromatic carbocycles. The first-order valence-corrected chi connectivity index (χ1v) is 29.1. The van der Waals surface area contributed by atoms with Crippen molar-refractivity contribution in [3.05, 3.63) is 228 Å². The molecule has 0 aromatic heterocycles. The van der Waals surface area contributed by atoms with Crippen molar-refractivity contribution in [2.24, 2.45) is 11.8 Å². The van der Waals surface area contributed by atoms with E-state index < -0.39 is 24.2 Å². The Bertz CT molecular complexity index is 2140. The zero-order chi connectivity index (χ0) is 42.8. The van der Waals surface area contributed by atoms with E-state index in [-0.39, 0.29) is 0 Å². The zero-order valence-electron chi connectivity index (χ0n) is 37.6. The lowest BCUT2D eigenvalue weighted by Gasteiger charge is -2.50. The van der Waals surface area contributed by atoms with Crippen LogP contribution in [0.3, 0.4) is 0 Å². The van der Waals surface area contributed by atoms with Crippen LogP contribution >= 0.6 is 0 Å².